The summed E-state index contributed by atoms with van der Waals surface area (Å²) in [4.78, 5) is 12.2. The molecule has 0 aliphatic heterocycles. The van der Waals surface area contributed by atoms with E-state index in [-0.39, 0.29) is 12.5 Å². The molecular formula is C25H22N4O3. The Morgan fingerprint density at radius 1 is 1.00 bits per heavy atom. The molecule has 1 amide bonds. The first-order valence-corrected chi connectivity index (χ1v) is 10.0. The van der Waals surface area contributed by atoms with Crippen LogP contribution in [0.1, 0.15) is 5.56 Å². The first-order valence-electron chi connectivity index (χ1n) is 10.0. The molecule has 0 bridgehead atoms. The average Bonchev–Trinajstić information content (AvgIpc) is 3.34. The van der Waals surface area contributed by atoms with Crippen LogP contribution >= 0.6 is 0 Å². The molecule has 0 atom stereocenters. The van der Waals surface area contributed by atoms with Gasteiger partial charge >= 0.3 is 0 Å². The molecule has 1 heterocycles. The van der Waals surface area contributed by atoms with Crippen molar-refractivity contribution in [3.05, 3.63) is 96.7 Å². The van der Waals surface area contributed by atoms with E-state index in [1.807, 2.05) is 89.6 Å². The molecule has 3 aromatic carbocycles. The number of nitrogens with one attached hydrogen (secondary N) is 1. The summed E-state index contributed by atoms with van der Waals surface area (Å²) in [7, 11) is 1.61. The quantitative estimate of drug-likeness (QED) is 0.340. The molecule has 7 heteroatoms. The van der Waals surface area contributed by atoms with Crippen LogP contribution in [0.4, 0.5) is 0 Å². The second-order valence-electron chi connectivity index (χ2n) is 6.81. The maximum atomic E-state index is 12.2. The maximum Gasteiger partial charge on any atom is 0.277 e. The number of amides is 1. The number of rotatable bonds is 8. The number of methoxy groups -OCH3 is 1. The number of hydrogen-bond acceptors (Lipinski definition) is 5. The van der Waals surface area contributed by atoms with Crippen molar-refractivity contribution in [1.29, 1.82) is 0 Å². The number of nitrogens with zero attached hydrogens (tertiary/aromatic N) is 3. The molecule has 0 spiro atoms. The largest absolute Gasteiger partial charge is 0.497 e. The Balaban J connectivity index is 1.41. The highest BCUT2D eigenvalue weighted by molar-refractivity contribution is 5.83. The van der Waals surface area contributed by atoms with Crippen molar-refractivity contribution in [3.8, 4) is 28.4 Å². The Morgan fingerprint density at radius 3 is 2.53 bits per heavy atom. The van der Waals surface area contributed by atoms with Crippen LogP contribution in [-0.4, -0.2) is 35.6 Å². The zero-order chi connectivity index (χ0) is 22.2. The van der Waals surface area contributed by atoms with Crippen LogP contribution in [0.25, 0.3) is 16.9 Å². The Kier molecular flexibility index (Phi) is 6.57. The van der Waals surface area contributed by atoms with Gasteiger partial charge in [-0.15, -0.1) is 0 Å². The molecule has 7 nitrogen and oxygen atoms in total. The highest BCUT2D eigenvalue weighted by Crippen LogP contribution is 2.31. The Hall–Kier alpha value is -4.39. The van der Waals surface area contributed by atoms with Gasteiger partial charge in [0.15, 0.2) is 6.61 Å². The van der Waals surface area contributed by atoms with Crippen molar-refractivity contribution < 1.29 is 14.3 Å². The summed E-state index contributed by atoms with van der Waals surface area (Å²) in [6.45, 7) is -0.170. The van der Waals surface area contributed by atoms with Gasteiger partial charge in [0.2, 0.25) is 0 Å². The number of aromatic nitrogens is 2. The Bertz CT molecular complexity index is 1200. The minimum atomic E-state index is -0.360. The third kappa shape index (κ3) is 5.02. The van der Waals surface area contributed by atoms with Gasteiger partial charge in [0.25, 0.3) is 5.91 Å². The van der Waals surface area contributed by atoms with Gasteiger partial charge in [0.1, 0.15) is 11.5 Å². The molecule has 0 saturated heterocycles. The summed E-state index contributed by atoms with van der Waals surface area (Å²) in [5, 5.41) is 8.41. The van der Waals surface area contributed by atoms with E-state index >= 15 is 0 Å². The second kappa shape index (κ2) is 10.1. The molecule has 4 rings (SSSR count). The number of hydrazone groups is 1. The number of ether oxygens (including phenoxy) is 2. The summed E-state index contributed by atoms with van der Waals surface area (Å²) in [6, 6.07) is 26.6. The van der Waals surface area contributed by atoms with Crippen LogP contribution in [0, 0.1) is 0 Å². The van der Waals surface area contributed by atoms with E-state index in [1.54, 1.807) is 19.5 Å². The van der Waals surface area contributed by atoms with E-state index in [2.05, 4.69) is 15.6 Å². The van der Waals surface area contributed by atoms with Crippen LogP contribution in [0.5, 0.6) is 11.5 Å². The zero-order valence-corrected chi connectivity index (χ0v) is 17.5. The normalized spacial score (nSPS) is 10.8. The van der Waals surface area contributed by atoms with Gasteiger partial charge in [-0.05, 0) is 60.2 Å². The van der Waals surface area contributed by atoms with E-state index in [0.29, 0.717) is 5.75 Å². The fourth-order valence-corrected chi connectivity index (χ4v) is 3.13. The molecule has 1 aromatic heterocycles. The van der Waals surface area contributed by atoms with Crippen LogP contribution in [-0.2, 0) is 4.79 Å². The van der Waals surface area contributed by atoms with Crippen molar-refractivity contribution in [3.63, 3.8) is 0 Å². The van der Waals surface area contributed by atoms with Crippen molar-refractivity contribution in [2.24, 2.45) is 5.10 Å². The monoisotopic (exact) mass is 426 g/mol. The molecule has 0 radical (unpaired) electrons. The number of carbonyl (C=O) groups is 1. The van der Waals surface area contributed by atoms with Gasteiger partial charge in [-0.2, -0.15) is 10.2 Å². The van der Waals surface area contributed by atoms with Gasteiger partial charge < -0.3 is 9.47 Å². The van der Waals surface area contributed by atoms with Crippen LogP contribution in [0.2, 0.25) is 0 Å². The van der Waals surface area contributed by atoms with Crippen LogP contribution in [0.15, 0.2) is 96.2 Å². The first-order chi connectivity index (χ1) is 15.7. The molecular weight excluding hydrogens is 404 g/mol. The molecule has 4 aromatic rings. The Morgan fingerprint density at radius 2 is 1.75 bits per heavy atom. The van der Waals surface area contributed by atoms with E-state index in [1.165, 1.54) is 0 Å². The van der Waals surface area contributed by atoms with Crippen LogP contribution < -0.4 is 14.9 Å². The highest BCUT2D eigenvalue weighted by Gasteiger charge is 2.13. The van der Waals surface area contributed by atoms with Gasteiger partial charge in [-0.3, -0.25) is 4.79 Å². The number of para-hydroxylation sites is 2. The van der Waals surface area contributed by atoms with E-state index in [9.17, 15) is 4.79 Å². The summed E-state index contributed by atoms with van der Waals surface area (Å²) in [5.41, 5.74) is 5.96. The number of benzene rings is 3. The fourth-order valence-electron chi connectivity index (χ4n) is 3.13. The molecule has 32 heavy (non-hydrogen) atoms. The molecule has 0 aliphatic rings. The van der Waals surface area contributed by atoms with Gasteiger partial charge in [0.05, 0.1) is 30.9 Å². The SMILES string of the molecule is COc1ccc(/C=N/NC(=O)COc2ccccc2-c2ccnn2-c2ccccc2)cc1. The predicted molar refractivity (Wildman–Crippen MR) is 123 cm³/mol. The fraction of sp³-hybridized carbons (Fsp3) is 0.0800. The molecule has 160 valence electrons. The number of carbonyl (C=O) groups excluding carboxylic acids is 1. The smallest absolute Gasteiger partial charge is 0.277 e. The minimum Gasteiger partial charge on any atom is -0.497 e. The lowest BCUT2D eigenvalue weighted by atomic mass is 10.1. The zero-order valence-electron chi connectivity index (χ0n) is 17.5. The lowest BCUT2D eigenvalue weighted by Gasteiger charge is -2.12. The second-order valence-corrected chi connectivity index (χ2v) is 6.81. The third-order valence-corrected chi connectivity index (χ3v) is 4.68. The molecule has 0 fully saturated rings. The summed E-state index contributed by atoms with van der Waals surface area (Å²) in [5.74, 6) is 0.979. The van der Waals surface area contributed by atoms with Crippen molar-refractivity contribution in [2.75, 3.05) is 13.7 Å². The standard InChI is InChI=1S/C25H22N4O3/c1-31-21-13-11-19(12-14-21)17-26-28-25(30)18-32-24-10-6-5-9-22(24)23-15-16-27-29(23)20-7-3-2-4-8-20/h2-17H,18H2,1H3,(H,28,30)/b26-17+. The number of hydrogen-bond donors (Lipinski definition) is 1. The van der Waals surface area contributed by atoms with Crippen molar-refractivity contribution in [1.82, 2.24) is 15.2 Å². The van der Waals surface area contributed by atoms with Crippen molar-refractivity contribution >= 4 is 12.1 Å². The molecule has 1 N–H and O–H groups in total. The minimum absolute atomic E-state index is 0.170. The maximum absolute atomic E-state index is 12.2. The molecule has 0 aliphatic carbocycles. The summed E-state index contributed by atoms with van der Waals surface area (Å²) in [6.07, 6.45) is 3.30. The molecule has 0 unspecified atom stereocenters. The van der Waals surface area contributed by atoms with Crippen LogP contribution in [0.3, 0.4) is 0 Å². The lowest BCUT2D eigenvalue weighted by Crippen LogP contribution is -2.24. The van der Waals surface area contributed by atoms with Crippen molar-refractivity contribution in [2.45, 2.75) is 0 Å². The third-order valence-electron chi connectivity index (χ3n) is 4.68. The topological polar surface area (TPSA) is 77.7 Å². The lowest BCUT2D eigenvalue weighted by molar-refractivity contribution is -0.123. The summed E-state index contributed by atoms with van der Waals surface area (Å²) >= 11 is 0. The average molecular weight is 426 g/mol. The van der Waals surface area contributed by atoms with E-state index < -0.39 is 0 Å². The first kappa shape index (κ1) is 20.9. The molecule has 0 saturated carbocycles. The highest BCUT2D eigenvalue weighted by atomic mass is 16.5. The Labute approximate surface area is 185 Å². The summed E-state index contributed by atoms with van der Waals surface area (Å²) < 4.78 is 12.8. The van der Waals surface area contributed by atoms with E-state index in [4.69, 9.17) is 9.47 Å². The van der Waals surface area contributed by atoms with E-state index in [0.717, 1.165) is 28.3 Å². The van der Waals surface area contributed by atoms with Gasteiger partial charge in [-0.1, -0.05) is 30.3 Å². The van der Waals surface area contributed by atoms with Gasteiger partial charge in [-0.25, -0.2) is 10.1 Å². The predicted octanol–water partition coefficient (Wildman–Crippen LogP) is 4.08. The van der Waals surface area contributed by atoms with Gasteiger partial charge in [0, 0.05) is 5.56 Å².